The molecule has 1 aliphatic carbocycles. The predicted octanol–water partition coefficient (Wildman–Crippen LogP) is 3.32. The summed E-state index contributed by atoms with van der Waals surface area (Å²) in [4.78, 5) is 9.99. The molecule has 0 saturated heterocycles. The van der Waals surface area contributed by atoms with Crippen molar-refractivity contribution in [1.82, 2.24) is 10.9 Å². The van der Waals surface area contributed by atoms with Gasteiger partial charge in [-0.05, 0) is 56.7 Å². The van der Waals surface area contributed by atoms with Crippen molar-refractivity contribution in [3.8, 4) is 5.75 Å². The van der Waals surface area contributed by atoms with Crippen molar-refractivity contribution in [2.75, 3.05) is 13.1 Å². The van der Waals surface area contributed by atoms with Gasteiger partial charge in [-0.15, -0.1) is 0 Å². The van der Waals surface area contributed by atoms with E-state index in [9.17, 15) is 4.91 Å². The van der Waals surface area contributed by atoms with Gasteiger partial charge in [0, 0.05) is 12.6 Å². The molecular formula is C16H25N3O2. The summed E-state index contributed by atoms with van der Waals surface area (Å²) in [6.45, 7) is 3.18. The first-order chi connectivity index (χ1) is 10.3. The zero-order chi connectivity index (χ0) is 14.9. The highest BCUT2D eigenvalue weighted by molar-refractivity contribution is 5.30. The fraction of sp³-hybridized carbons (Fsp3) is 0.625. The molecule has 5 heteroatoms. The maximum atomic E-state index is 9.99. The van der Waals surface area contributed by atoms with Gasteiger partial charge in [-0.3, -0.25) is 10.9 Å². The summed E-state index contributed by atoms with van der Waals surface area (Å²) in [5, 5.41) is 2.84. The Kier molecular flexibility index (Phi) is 6.63. The van der Waals surface area contributed by atoms with Gasteiger partial charge in [-0.2, -0.15) is 4.91 Å². The van der Waals surface area contributed by atoms with Crippen LogP contribution in [-0.4, -0.2) is 19.2 Å². The fourth-order valence-electron chi connectivity index (χ4n) is 2.60. The molecule has 1 atom stereocenters. The summed E-state index contributed by atoms with van der Waals surface area (Å²) in [5.41, 5.74) is 7.54. The van der Waals surface area contributed by atoms with E-state index in [0.717, 1.165) is 18.7 Å². The molecule has 1 aromatic rings. The lowest BCUT2D eigenvalue weighted by atomic mass is 10.1. The van der Waals surface area contributed by atoms with Gasteiger partial charge in [0.05, 0.1) is 12.6 Å². The molecule has 0 bridgehead atoms. The maximum absolute atomic E-state index is 9.99. The quantitative estimate of drug-likeness (QED) is 0.416. The Morgan fingerprint density at radius 3 is 2.95 bits per heavy atom. The molecule has 0 amide bonds. The average Bonchev–Trinajstić information content (AvgIpc) is 3.00. The second-order valence-electron chi connectivity index (χ2n) is 5.60. The Bertz CT molecular complexity index is 433. The number of rotatable bonds is 9. The molecule has 0 aliphatic heterocycles. The van der Waals surface area contributed by atoms with E-state index in [1.54, 1.807) is 0 Å². The molecule has 1 unspecified atom stereocenters. The summed E-state index contributed by atoms with van der Waals surface area (Å²) in [6.07, 6.45) is 6.03. The van der Waals surface area contributed by atoms with Crippen molar-refractivity contribution in [1.29, 1.82) is 0 Å². The van der Waals surface area contributed by atoms with Crippen LogP contribution in [0.1, 0.15) is 50.6 Å². The normalized spacial score (nSPS) is 16.8. The van der Waals surface area contributed by atoms with E-state index >= 15 is 0 Å². The number of benzene rings is 1. The molecule has 21 heavy (non-hydrogen) atoms. The number of nitrogens with zero attached hydrogens (tertiary/aromatic N) is 1. The zero-order valence-corrected chi connectivity index (χ0v) is 12.7. The van der Waals surface area contributed by atoms with Gasteiger partial charge in [-0.1, -0.05) is 17.3 Å². The summed E-state index contributed by atoms with van der Waals surface area (Å²) < 4.78 is 6.03. The van der Waals surface area contributed by atoms with Crippen molar-refractivity contribution in [2.45, 2.75) is 51.2 Å². The van der Waals surface area contributed by atoms with Crippen molar-refractivity contribution >= 4 is 0 Å². The lowest BCUT2D eigenvalue weighted by molar-refractivity contribution is 0.209. The first kappa shape index (κ1) is 15.9. The number of hydrogen-bond donors (Lipinski definition) is 2. The molecule has 0 heterocycles. The van der Waals surface area contributed by atoms with E-state index in [1.807, 2.05) is 12.1 Å². The van der Waals surface area contributed by atoms with Gasteiger partial charge in [-0.25, -0.2) is 0 Å². The number of nitrogens with one attached hydrogen (secondary N) is 2. The third-order valence-corrected chi connectivity index (χ3v) is 3.83. The lowest BCUT2D eigenvalue weighted by Crippen LogP contribution is -2.35. The molecule has 0 spiro atoms. The van der Waals surface area contributed by atoms with Gasteiger partial charge in [0.25, 0.3) is 0 Å². The van der Waals surface area contributed by atoms with Crippen molar-refractivity contribution in [3.05, 3.63) is 34.7 Å². The largest absolute Gasteiger partial charge is 0.490 e. The summed E-state index contributed by atoms with van der Waals surface area (Å²) in [5.74, 6) is 0.957. The summed E-state index contributed by atoms with van der Waals surface area (Å²) in [7, 11) is 0. The molecule has 1 fully saturated rings. The van der Waals surface area contributed by atoms with Crippen molar-refractivity contribution in [2.24, 2.45) is 5.18 Å². The van der Waals surface area contributed by atoms with Crippen LogP contribution in [-0.2, 0) is 0 Å². The number of hydrogen-bond acceptors (Lipinski definition) is 5. The minimum absolute atomic E-state index is 0.182. The second kappa shape index (κ2) is 8.74. The Morgan fingerprint density at radius 1 is 1.38 bits per heavy atom. The van der Waals surface area contributed by atoms with Crippen LogP contribution in [0.2, 0.25) is 0 Å². The maximum Gasteiger partial charge on any atom is 0.120 e. The van der Waals surface area contributed by atoms with E-state index in [1.165, 1.54) is 31.2 Å². The Hall–Kier alpha value is -1.46. The molecule has 2 N–H and O–H groups in total. The van der Waals surface area contributed by atoms with E-state index in [2.05, 4.69) is 35.1 Å². The molecule has 116 valence electrons. The van der Waals surface area contributed by atoms with Crippen LogP contribution in [0.15, 0.2) is 29.4 Å². The standard InChI is InChI=1S/C16H25N3O2/c1-13(19-17-10-5-11-18-20)14-6-4-9-16(12-14)21-15-7-2-3-8-15/h4,6,9,12-13,15,17,19H,2-3,5,7-8,10-11H2,1H3. The molecule has 5 nitrogen and oxygen atoms in total. The van der Waals surface area contributed by atoms with Crippen LogP contribution in [0.5, 0.6) is 5.75 Å². The van der Waals surface area contributed by atoms with Crippen LogP contribution >= 0.6 is 0 Å². The van der Waals surface area contributed by atoms with Gasteiger partial charge in [0.15, 0.2) is 0 Å². The average molecular weight is 291 g/mol. The minimum atomic E-state index is 0.182. The predicted molar refractivity (Wildman–Crippen MR) is 84.2 cm³/mol. The van der Waals surface area contributed by atoms with E-state index in [0.29, 0.717) is 12.6 Å². The first-order valence-corrected chi connectivity index (χ1v) is 7.83. The van der Waals surface area contributed by atoms with Crippen molar-refractivity contribution in [3.63, 3.8) is 0 Å². The monoisotopic (exact) mass is 291 g/mol. The smallest absolute Gasteiger partial charge is 0.120 e. The van der Waals surface area contributed by atoms with Gasteiger partial charge >= 0.3 is 0 Å². The Morgan fingerprint density at radius 2 is 2.19 bits per heavy atom. The number of ether oxygens (including phenoxy) is 1. The van der Waals surface area contributed by atoms with Crippen LogP contribution in [0.3, 0.4) is 0 Å². The zero-order valence-electron chi connectivity index (χ0n) is 12.7. The van der Waals surface area contributed by atoms with Gasteiger partial charge < -0.3 is 4.74 Å². The second-order valence-corrected chi connectivity index (χ2v) is 5.60. The third-order valence-electron chi connectivity index (χ3n) is 3.83. The molecule has 0 aromatic heterocycles. The number of nitroso groups, excluding NO2 is 1. The highest BCUT2D eigenvalue weighted by Crippen LogP contribution is 2.25. The van der Waals surface area contributed by atoms with Crippen LogP contribution < -0.4 is 15.6 Å². The minimum Gasteiger partial charge on any atom is -0.490 e. The SMILES string of the molecule is CC(NNCCCN=O)c1cccc(OC2CCCC2)c1. The molecule has 1 saturated carbocycles. The number of hydrazine groups is 1. The van der Waals surface area contributed by atoms with Crippen LogP contribution in [0.25, 0.3) is 0 Å². The van der Waals surface area contributed by atoms with E-state index < -0.39 is 0 Å². The summed E-state index contributed by atoms with van der Waals surface area (Å²) in [6, 6.07) is 8.44. The fourth-order valence-corrected chi connectivity index (χ4v) is 2.60. The van der Waals surface area contributed by atoms with E-state index in [4.69, 9.17) is 4.74 Å². The van der Waals surface area contributed by atoms with Crippen LogP contribution in [0, 0.1) is 4.91 Å². The Labute approximate surface area is 126 Å². The molecule has 2 rings (SSSR count). The lowest BCUT2D eigenvalue weighted by Gasteiger charge is -2.18. The van der Waals surface area contributed by atoms with Crippen LogP contribution in [0.4, 0.5) is 0 Å². The van der Waals surface area contributed by atoms with Crippen molar-refractivity contribution < 1.29 is 4.74 Å². The van der Waals surface area contributed by atoms with Gasteiger partial charge in [0.2, 0.25) is 0 Å². The first-order valence-electron chi connectivity index (χ1n) is 7.83. The molecular weight excluding hydrogens is 266 g/mol. The molecule has 0 radical (unpaired) electrons. The van der Waals surface area contributed by atoms with Gasteiger partial charge in [0.1, 0.15) is 5.75 Å². The topological polar surface area (TPSA) is 62.7 Å². The molecule has 1 aromatic carbocycles. The highest BCUT2D eigenvalue weighted by atomic mass is 16.5. The Balaban J connectivity index is 1.79. The highest BCUT2D eigenvalue weighted by Gasteiger charge is 2.16. The third kappa shape index (κ3) is 5.44. The van der Waals surface area contributed by atoms with E-state index in [-0.39, 0.29) is 6.04 Å². The molecule has 1 aliphatic rings. The summed E-state index contributed by atoms with van der Waals surface area (Å²) >= 11 is 0.